The minimum atomic E-state index is -5.10. The van der Waals surface area contributed by atoms with Crippen LogP contribution in [0.1, 0.15) is 53.0 Å². The van der Waals surface area contributed by atoms with Crippen molar-refractivity contribution in [3.05, 3.63) is 57.8 Å². The van der Waals surface area contributed by atoms with Crippen molar-refractivity contribution < 1.29 is 34.5 Å². The van der Waals surface area contributed by atoms with Crippen LogP contribution in [-0.2, 0) is 12.6 Å². The van der Waals surface area contributed by atoms with Crippen molar-refractivity contribution >= 4 is 27.5 Å². The lowest BCUT2D eigenvalue weighted by molar-refractivity contribution is -0.142. The molecule has 8 rings (SSSR count). The first kappa shape index (κ1) is 28.9. The predicted octanol–water partition coefficient (Wildman–Crippen LogP) is 5.26. The molecule has 0 radical (unpaired) electrons. The van der Waals surface area contributed by atoms with Gasteiger partial charge in [-0.2, -0.15) is 23.1 Å². The number of ether oxygens (including phenoxy) is 1. The summed E-state index contributed by atoms with van der Waals surface area (Å²) in [4.78, 5) is 26.8. The number of nitrogens with one attached hydrogen (secondary N) is 1. The Balaban J connectivity index is 1.39. The number of hydrogen-bond donors (Lipinski definition) is 2. The van der Waals surface area contributed by atoms with Crippen LogP contribution in [0.15, 0.2) is 35.1 Å². The third-order valence-corrected chi connectivity index (χ3v) is 10.3. The van der Waals surface area contributed by atoms with Crippen molar-refractivity contribution in [1.82, 2.24) is 24.8 Å². The van der Waals surface area contributed by atoms with Crippen LogP contribution in [0.4, 0.5) is 27.8 Å². The van der Waals surface area contributed by atoms with Crippen LogP contribution in [0, 0.1) is 5.82 Å². The zero-order chi connectivity index (χ0) is 35.3. The largest absolute Gasteiger partial charge is 0.508 e. The highest BCUT2D eigenvalue weighted by atomic mass is 19.4. The molecule has 254 valence electrons. The van der Waals surface area contributed by atoms with Gasteiger partial charge in [-0.1, -0.05) is 13.0 Å². The van der Waals surface area contributed by atoms with Crippen molar-refractivity contribution in [2.45, 2.75) is 75.4 Å². The average molecular weight is 673 g/mol. The number of nitrogens with zero attached hydrogens (tertiary/aromatic N) is 5. The number of aryl methyl sites for hydroxylation is 1. The summed E-state index contributed by atoms with van der Waals surface area (Å²) in [7, 11) is 0. The number of aromatic hydroxyl groups is 1. The molecular weight excluding hydrogens is 635 g/mol. The second-order valence-corrected chi connectivity index (χ2v) is 13.3. The molecule has 4 fully saturated rings. The quantitative estimate of drug-likeness (QED) is 0.268. The van der Waals surface area contributed by atoms with Crippen molar-refractivity contribution in [1.29, 1.82) is 0 Å². The van der Waals surface area contributed by atoms with E-state index in [1.54, 1.807) is 16.7 Å². The molecule has 4 aliphatic rings. The third kappa shape index (κ3) is 5.06. The summed E-state index contributed by atoms with van der Waals surface area (Å²) in [5, 5.41) is 14.1. The Morgan fingerprint density at radius 1 is 1.15 bits per heavy atom. The van der Waals surface area contributed by atoms with Crippen LogP contribution in [0.3, 0.4) is 0 Å². The molecule has 0 saturated carbocycles. The van der Waals surface area contributed by atoms with E-state index in [-0.39, 0.29) is 59.0 Å². The van der Waals surface area contributed by atoms with E-state index in [1.807, 2.05) is 0 Å². The minimum absolute atomic E-state index is 0.0143. The Labute approximate surface area is 275 Å². The van der Waals surface area contributed by atoms with Gasteiger partial charge in [-0.15, -0.1) is 0 Å². The van der Waals surface area contributed by atoms with Gasteiger partial charge in [0.05, 0.1) is 19.4 Å². The molecular formula is C34H35F5N6O3. The van der Waals surface area contributed by atoms with Gasteiger partial charge in [0, 0.05) is 49.6 Å². The number of anilines is 1. The van der Waals surface area contributed by atoms with E-state index in [4.69, 9.17) is 7.48 Å². The molecule has 14 heteroatoms. The number of halogens is 5. The third-order valence-electron chi connectivity index (χ3n) is 10.3. The number of pyridine rings is 1. The van der Waals surface area contributed by atoms with Gasteiger partial charge < -0.3 is 20.1 Å². The van der Waals surface area contributed by atoms with Gasteiger partial charge in [0.15, 0.2) is 0 Å². The molecule has 4 aromatic rings. The number of piperazine rings is 1. The Hall–Kier alpha value is -4.04. The number of hydrogen-bond acceptors (Lipinski definition) is 8. The molecule has 4 saturated heterocycles. The van der Waals surface area contributed by atoms with E-state index in [0.717, 1.165) is 31.0 Å². The van der Waals surface area contributed by atoms with Crippen LogP contribution in [0.2, 0.25) is 0 Å². The molecule has 9 nitrogen and oxygen atoms in total. The van der Waals surface area contributed by atoms with Crippen molar-refractivity contribution in [3.63, 3.8) is 0 Å². The lowest BCUT2D eigenvalue weighted by Crippen LogP contribution is -2.51. The van der Waals surface area contributed by atoms with Crippen LogP contribution >= 0.6 is 0 Å². The van der Waals surface area contributed by atoms with E-state index in [2.05, 4.69) is 15.3 Å². The van der Waals surface area contributed by atoms with Crippen molar-refractivity contribution in [2.24, 2.45) is 0 Å². The highest BCUT2D eigenvalue weighted by Crippen LogP contribution is 2.42. The van der Waals surface area contributed by atoms with Gasteiger partial charge in [-0.25, -0.2) is 8.78 Å². The van der Waals surface area contributed by atoms with Gasteiger partial charge in [0.2, 0.25) is 0 Å². The second-order valence-electron chi connectivity index (χ2n) is 13.3. The molecule has 4 aliphatic heterocycles. The Morgan fingerprint density at radius 2 is 1.92 bits per heavy atom. The molecule has 0 spiro atoms. The van der Waals surface area contributed by atoms with Crippen LogP contribution in [-0.4, -0.2) is 81.1 Å². The molecule has 2 aromatic heterocycles. The molecule has 6 heterocycles. The molecule has 4 atom stereocenters. The first-order valence-corrected chi connectivity index (χ1v) is 16.3. The van der Waals surface area contributed by atoms with Gasteiger partial charge >= 0.3 is 12.2 Å². The summed E-state index contributed by atoms with van der Waals surface area (Å²) in [5.41, 5.74) is -4.78. The predicted molar refractivity (Wildman–Crippen MR) is 169 cm³/mol. The molecule has 2 N–H and O–H groups in total. The first-order chi connectivity index (χ1) is 23.7. The SMILES string of the molecule is [2H]C([2H])(Oc1nc(N2C[C@H]3CC[C@@H](C2)N3)c2cc(C(F)(F)F)n(-c3cc(O)cc4ccc(F)c(CC)c34)c(=O)c2n1)[C@@]12CCCN1C[C@H](F)C2. The van der Waals surface area contributed by atoms with Gasteiger partial charge in [-0.05, 0) is 67.8 Å². The van der Waals surface area contributed by atoms with Crippen molar-refractivity contribution in [2.75, 3.05) is 37.6 Å². The summed E-state index contributed by atoms with van der Waals surface area (Å²) in [6, 6.07) is 4.96. The maximum Gasteiger partial charge on any atom is 0.431 e. The molecule has 0 aliphatic carbocycles. The minimum Gasteiger partial charge on any atom is -0.508 e. The van der Waals surface area contributed by atoms with E-state index < -0.39 is 64.5 Å². The van der Waals surface area contributed by atoms with E-state index in [1.165, 1.54) is 12.1 Å². The fraction of sp³-hybridized carbons (Fsp3) is 0.500. The summed E-state index contributed by atoms with van der Waals surface area (Å²) < 4.78 is 99.3. The number of rotatable bonds is 6. The maximum absolute atomic E-state index is 15.1. The van der Waals surface area contributed by atoms with Crippen LogP contribution < -0.4 is 20.5 Å². The van der Waals surface area contributed by atoms with Gasteiger partial charge in [-0.3, -0.25) is 14.3 Å². The van der Waals surface area contributed by atoms with E-state index in [0.29, 0.717) is 37.0 Å². The van der Waals surface area contributed by atoms with Crippen molar-refractivity contribution in [3.8, 4) is 17.4 Å². The normalized spacial score (nSPS) is 26.7. The lowest BCUT2D eigenvalue weighted by Gasteiger charge is -2.35. The van der Waals surface area contributed by atoms with Crippen LogP contribution in [0.5, 0.6) is 11.8 Å². The average Bonchev–Trinajstić information content (AvgIpc) is 3.71. The Bertz CT molecular complexity index is 2090. The summed E-state index contributed by atoms with van der Waals surface area (Å²) in [5.74, 6) is -1.15. The fourth-order valence-electron chi connectivity index (χ4n) is 8.25. The van der Waals surface area contributed by atoms with Gasteiger partial charge in [0.25, 0.3) is 5.56 Å². The van der Waals surface area contributed by atoms with E-state index >= 15 is 17.6 Å². The number of phenols is 1. The highest BCUT2D eigenvalue weighted by molar-refractivity contribution is 5.96. The Morgan fingerprint density at radius 3 is 2.65 bits per heavy atom. The molecule has 48 heavy (non-hydrogen) atoms. The number of benzene rings is 2. The lowest BCUT2D eigenvalue weighted by atomic mass is 9.95. The fourth-order valence-corrected chi connectivity index (χ4v) is 8.25. The van der Waals surface area contributed by atoms with E-state index in [9.17, 15) is 14.3 Å². The van der Waals surface area contributed by atoms with Crippen LogP contribution in [0.25, 0.3) is 27.4 Å². The zero-order valence-corrected chi connectivity index (χ0v) is 26.1. The topological polar surface area (TPSA) is 95.8 Å². The standard InChI is InChI=1S/C34H35F5N6O3/c1-2-23-25(36)7-4-18-10-22(46)11-26(28(18)23)45-27(34(37,38)39)12-24-29(31(45)47)41-32(42-30(24)43-15-20-5-6-21(16-43)40-20)48-17-33-8-3-9-44(33)14-19(35)13-33/h4,7,10-12,19-21,40,46H,2-3,5-6,8-9,13-17H2,1H3/t19-,20-,21+,33+/m1/s1/i17D2. The van der Waals surface area contributed by atoms with Gasteiger partial charge in [0.1, 0.15) is 41.3 Å². The zero-order valence-electron chi connectivity index (χ0n) is 28.1. The summed E-state index contributed by atoms with van der Waals surface area (Å²) >= 11 is 0. The Kier molecular flexibility index (Phi) is 6.79. The second kappa shape index (κ2) is 11.3. The number of aromatic nitrogens is 3. The summed E-state index contributed by atoms with van der Waals surface area (Å²) in [6.07, 6.45) is -3.83. The molecule has 0 unspecified atom stereocenters. The monoisotopic (exact) mass is 672 g/mol. The smallest absolute Gasteiger partial charge is 0.431 e. The first-order valence-electron chi connectivity index (χ1n) is 17.3. The highest BCUT2D eigenvalue weighted by Gasteiger charge is 2.49. The molecule has 2 bridgehead atoms. The molecule has 0 amide bonds. The number of alkyl halides is 4. The molecule has 2 aromatic carbocycles. The summed E-state index contributed by atoms with van der Waals surface area (Å²) in [6.45, 7) is 0.325. The maximum atomic E-state index is 15.1. The number of fused-ring (bicyclic) bond motifs is 5. The number of phenolic OH excluding ortho intramolecular Hbond substituents is 1.